The van der Waals surface area contributed by atoms with Gasteiger partial charge < -0.3 is 15.4 Å². The highest BCUT2D eigenvalue weighted by molar-refractivity contribution is 5.95. The van der Waals surface area contributed by atoms with Gasteiger partial charge in [-0.2, -0.15) is 5.10 Å². The van der Waals surface area contributed by atoms with Gasteiger partial charge in [-0.1, -0.05) is 12.1 Å². The van der Waals surface area contributed by atoms with E-state index in [1.165, 1.54) is 4.57 Å². The predicted octanol–water partition coefficient (Wildman–Crippen LogP) is 0.729. The van der Waals surface area contributed by atoms with Crippen molar-refractivity contribution in [1.29, 1.82) is 0 Å². The third-order valence-electron chi connectivity index (χ3n) is 2.87. The first-order valence-electron chi connectivity index (χ1n) is 5.99. The summed E-state index contributed by atoms with van der Waals surface area (Å²) in [4.78, 5) is 22.8. The van der Waals surface area contributed by atoms with Crippen LogP contribution in [0, 0.1) is 0 Å². The van der Waals surface area contributed by atoms with Crippen LogP contribution >= 0.6 is 0 Å². The van der Waals surface area contributed by atoms with E-state index < -0.39 is 11.6 Å². The number of nitrogens with two attached hydrogens (primary N) is 1. The summed E-state index contributed by atoms with van der Waals surface area (Å²) in [6.07, 6.45) is 1.08. The van der Waals surface area contributed by atoms with E-state index in [1.807, 2.05) is 12.3 Å². The molecular formula is C13H14N4O3. The monoisotopic (exact) mass is 274 g/mol. The molecule has 20 heavy (non-hydrogen) atoms. The third-order valence-corrected chi connectivity index (χ3v) is 2.87. The molecule has 0 unspecified atom stereocenters. The Balaban J connectivity index is 2.69. The highest BCUT2D eigenvalue weighted by Crippen LogP contribution is 2.25. The van der Waals surface area contributed by atoms with Crippen molar-refractivity contribution in [2.24, 2.45) is 10.8 Å². The summed E-state index contributed by atoms with van der Waals surface area (Å²) in [6.45, 7) is 2.27. The second-order valence-corrected chi connectivity index (χ2v) is 4.06. The maximum absolute atomic E-state index is 12.3. The summed E-state index contributed by atoms with van der Waals surface area (Å²) in [6, 6.07) is 6.15. The molecule has 104 valence electrons. The number of para-hydroxylation sites is 1. The third kappa shape index (κ3) is 2.33. The van der Waals surface area contributed by atoms with Gasteiger partial charge in [0.15, 0.2) is 0 Å². The lowest BCUT2D eigenvalue weighted by atomic mass is 10.1. The molecule has 0 aliphatic rings. The number of nitrogens with one attached hydrogen (secondary N) is 1. The Labute approximate surface area is 114 Å². The fourth-order valence-electron chi connectivity index (χ4n) is 2.00. The number of aryl methyl sites for hydroxylation is 1. The molecule has 1 aromatic carbocycles. The topological polar surface area (TPSA) is 110 Å². The number of amides is 2. The van der Waals surface area contributed by atoms with Crippen molar-refractivity contribution >= 4 is 23.1 Å². The van der Waals surface area contributed by atoms with Gasteiger partial charge in [-0.25, -0.2) is 10.2 Å². The summed E-state index contributed by atoms with van der Waals surface area (Å²) in [5.74, 6) is -0.176. The molecule has 2 rings (SSSR count). The molecule has 7 heteroatoms. The second kappa shape index (κ2) is 5.43. The number of nitrogens with zero attached hydrogens (tertiary/aromatic N) is 2. The quantitative estimate of drug-likeness (QED) is 0.566. The first kappa shape index (κ1) is 13.6. The van der Waals surface area contributed by atoms with E-state index in [0.717, 1.165) is 6.21 Å². The fourth-order valence-corrected chi connectivity index (χ4v) is 2.00. The average molecular weight is 274 g/mol. The summed E-state index contributed by atoms with van der Waals surface area (Å²) in [5, 5.41) is 14.2. The van der Waals surface area contributed by atoms with E-state index in [1.54, 1.807) is 24.3 Å². The van der Waals surface area contributed by atoms with Crippen LogP contribution in [0.3, 0.4) is 0 Å². The van der Waals surface area contributed by atoms with Crippen LogP contribution in [0.4, 0.5) is 4.79 Å². The van der Waals surface area contributed by atoms with Gasteiger partial charge in [0.1, 0.15) is 11.3 Å². The lowest BCUT2D eigenvalue weighted by Gasteiger charge is -2.11. The number of urea groups is 1. The molecule has 0 saturated heterocycles. The lowest BCUT2D eigenvalue weighted by Crippen LogP contribution is -2.26. The number of rotatable bonds is 3. The molecule has 1 heterocycles. The molecule has 0 aliphatic carbocycles. The number of carbonyl (C=O) groups is 1. The number of aromatic hydroxyl groups is 1. The second-order valence-electron chi connectivity index (χ2n) is 4.06. The normalized spacial score (nSPS) is 11.1. The van der Waals surface area contributed by atoms with Gasteiger partial charge in [0, 0.05) is 11.9 Å². The minimum Gasteiger partial charge on any atom is -0.506 e. The van der Waals surface area contributed by atoms with Crippen LogP contribution < -0.4 is 16.7 Å². The smallest absolute Gasteiger partial charge is 0.332 e. The minimum atomic E-state index is -0.850. The molecule has 0 spiro atoms. The molecule has 1 aromatic heterocycles. The number of hydrazone groups is 1. The Morgan fingerprint density at radius 2 is 2.20 bits per heavy atom. The molecule has 0 bridgehead atoms. The van der Waals surface area contributed by atoms with Gasteiger partial charge in [0.2, 0.25) is 0 Å². The molecule has 0 fully saturated rings. The number of carbonyl (C=O) groups excluding carboxylic acids is 1. The first-order valence-corrected chi connectivity index (χ1v) is 5.99. The molecular weight excluding hydrogens is 260 g/mol. The van der Waals surface area contributed by atoms with Gasteiger partial charge in [-0.15, -0.1) is 0 Å². The van der Waals surface area contributed by atoms with E-state index in [4.69, 9.17) is 5.73 Å². The van der Waals surface area contributed by atoms with E-state index in [-0.39, 0.29) is 11.3 Å². The summed E-state index contributed by atoms with van der Waals surface area (Å²) >= 11 is 0. The Bertz CT molecular complexity index is 749. The van der Waals surface area contributed by atoms with Gasteiger partial charge in [0.05, 0.1) is 11.7 Å². The number of primary amides is 1. The summed E-state index contributed by atoms with van der Waals surface area (Å²) < 4.78 is 1.51. The van der Waals surface area contributed by atoms with Gasteiger partial charge in [0.25, 0.3) is 5.56 Å². The van der Waals surface area contributed by atoms with E-state index in [0.29, 0.717) is 17.4 Å². The molecule has 0 radical (unpaired) electrons. The molecule has 7 nitrogen and oxygen atoms in total. The molecule has 0 aliphatic heterocycles. The predicted molar refractivity (Wildman–Crippen MR) is 75.9 cm³/mol. The van der Waals surface area contributed by atoms with Crippen LogP contribution in [0.1, 0.15) is 12.5 Å². The van der Waals surface area contributed by atoms with Crippen LogP contribution in [0.5, 0.6) is 5.75 Å². The van der Waals surface area contributed by atoms with Crippen molar-refractivity contribution in [3.63, 3.8) is 0 Å². The van der Waals surface area contributed by atoms with Crippen LogP contribution in [0.2, 0.25) is 0 Å². The van der Waals surface area contributed by atoms with Crippen LogP contribution in [0.25, 0.3) is 10.9 Å². The zero-order chi connectivity index (χ0) is 14.7. The zero-order valence-electron chi connectivity index (χ0n) is 10.8. The lowest BCUT2D eigenvalue weighted by molar-refractivity contribution is 0.249. The van der Waals surface area contributed by atoms with Crippen molar-refractivity contribution in [3.05, 3.63) is 40.2 Å². The zero-order valence-corrected chi connectivity index (χ0v) is 10.8. The van der Waals surface area contributed by atoms with Crippen molar-refractivity contribution in [3.8, 4) is 5.75 Å². The van der Waals surface area contributed by atoms with Crippen molar-refractivity contribution in [1.82, 2.24) is 9.99 Å². The van der Waals surface area contributed by atoms with Gasteiger partial charge in [-0.05, 0) is 19.1 Å². The standard InChI is InChI=1S/C13H14N4O3/c1-2-17-10-6-4-3-5-8(10)11(18)9(12(17)19)7-15-16-13(14)20/h3-7,18H,2H2,1H3,(H3,14,16,20)/b15-7+. The Morgan fingerprint density at radius 3 is 2.85 bits per heavy atom. The van der Waals surface area contributed by atoms with Crippen LogP contribution in [-0.2, 0) is 6.54 Å². The SMILES string of the molecule is CCn1c(=O)c(/C=N/NC(N)=O)c(O)c2ccccc21. The Hall–Kier alpha value is -2.83. The first-order chi connectivity index (χ1) is 9.56. The molecule has 2 aromatic rings. The van der Waals surface area contributed by atoms with Crippen molar-refractivity contribution in [2.75, 3.05) is 0 Å². The maximum Gasteiger partial charge on any atom is 0.332 e. The highest BCUT2D eigenvalue weighted by Gasteiger charge is 2.13. The van der Waals surface area contributed by atoms with Crippen molar-refractivity contribution in [2.45, 2.75) is 13.5 Å². The molecule has 0 saturated carbocycles. The van der Waals surface area contributed by atoms with E-state index >= 15 is 0 Å². The molecule has 2 amide bonds. The average Bonchev–Trinajstić information content (AvgIpc) is 2.43. The number of fused-ring (bicyclic) bond motifs is 1. The van der Waals surface area contributed by atoms with Crippen LogP contribution in [0.15, 0.2) is 34.2 Å². The van der Waals surface area contributed by atoms with Gasteiger partial charge >= 0.3 is 6.03 Å². The van der Waals surface area contributed by atoms with Crippen molar-refractivity contribution < 1.29 is 9.90 Å². The number of aromatic nitrogens is 1. The fraction of sp³-hybridized carbons (Fsp3) is 0.154. The molecule has 4 N–H and O–H groups in total. The van der Waals surface area contributed by atoms with E-state index in [2.05, 4.69) is 5.10 Å². The Kier molecular flexibility index (Phi) is 3.69. The number of pyridine rings is 1. The van der Waals surface area contributed by atoms with Crippen LogP contribution in [-0.4, -0.2) is 21.9 Å². The van der Waals surface area contributed by atoms with Gasteiger partial charge in [-0.3, -0.25) is 4.79 Å². The van der Waals surface area contributed by atoms with E-state index in [9.17, 15) is 14.7 Å². The Morgan fingerprint density at radius 1 is 1.50 bits per heavy atom. The number of hydrogen-bond donors (Lipinski definition) is 3. The number of benzene rings is 1. The molecule has 0 atom stereocenters. The largest absolute Gasteiger partial charge is 0.506 e. The summed E-state index contributed by atoms with van der Waals surface area (Å²) in [7, 11) is 0. The minimum absolute atomic E-state index is 0.000648. The maximum atomic E-state index is 12.3. The highest BCUT2D eigenvalue weighted by atomic mass is 16.3. The summed E-state index contributed by atoms with van der Waals surface area (Å²) in [5.41, 5.74) is 7.10. The number of hydrogen-bond acceptors (Lipinski definition) is 4.